The number of nitrogens with zero attached hydrogens (tertiary/aromatic N) is 1. The molecule has 1 aromatic heterocycles. The van der Waals surface area contributed by atoms with E-state index < -0.39 is 60.0 Å². The van der Waals surface area contributed by atoms with Crippen LogP contribution < -0.4 is 11.2 Å². The van der Waals surface area contributed by atoms with E-state index in [4.69, 9.17) is 14.2 Å². The Labute approximate surface area is 201 Å². The zero-order valence-electron chi connectivity index (χ0n) is 18.4. The van der Waals surface area contributed by atoms with Crippen LogP contribution in [-0.4, -0.2) is 40.3 Å². The third-order valence-corrected chi connectivity index (χ3v) is 5.42. The molecule has 0 saturated carbocycles. The van der Waals surface area contributed by atoms with Crippen LogP contribution in [0.2, 0.25) is 0 Å². The minimum absolute atomic E-state index is 0.210. The first kappa shape index (κ1) is 24.9. The molecule has 1 fully saturated rings. The second-order valence-electron chi connectivity index (χ2n) is 7.85. The Morgan fingerprint density at radius 1 is 0.972 bits per heavy atom. The maximum absolute atomic E-state index is 13.2. The van der Waals surface area contributed by atoms with E-state index in [2.05, 4.69) is 0 Å². The number of rotatable bonds is 6. The number of carbonyl (C=O) groups excluding carboxylic acids is 2. The van der Waals surface area contributed by atoms with Gasteiger partial charge in [0.15, 0.2) is 0 Å². The molecule has 36 heavy (non-hydrogen) atoms. The van der Waals surface area contributed by atoms with Crippen LogP contribution in [0.5, 0.6) is 0 Å². The van der Waals surface area contributed by atoms with Gasteiger partial charge in [-0.3, -0.25) is 14.3 Å². The van der Waals surface area contributed by atoms with Crippen LogP contribution in [-0.2, 0) is 20.4 Å². The summed E-state index contributed by atoms with van der Waals surface area (Å²) in [7, 11) is 0. The van der Waals surface area contributed by atoms with Gasteiger partial charge in [-0.2, -0.15) is 13.2 Å². The highest BCUT2D eigenvalue weighted by molar-refractivity contribution is 5.90. The number of aromatic amines is 1. The molecule has 2 heterocycles. The fourth-order valence-electron chi connectivity index (χ4n) is 3.64. The average Bonchev–Trinajstić information content (AvgIpc) is 3.24. The summed E-state index contributed by atoms with van der Waals surface area (Å²) in [5.74, 6) is -1.44. The molecular formula is C24H19F3N2O7. The number of nitrogens with one attached hydrogen (secondary N) is 1. The number of carbonyl (C=O) groups is 2. The summed E-state index contributed by atoms with van der Waals surface area (Å²) in [5.41, 5.74) is -3.88. The summed E-state index contributed by atoms with van der Waals surface area (Å²) in [6, 6.07) is 15.9. The molecule has 9 nitrogen and oxygen atoms in total. The minimum Gasteiger partial charge on any atom is -0.459 e. The van der Waals surface area contributed by atoms with Crippen LogP contribution in [0.15, 0.2) is 76.4 Å². The van der Waals surface area contributed by atoms with Gasteiger partial charge in [0.05, 0.1) is 11.1 Å². The Balaban J connectivity index is 1.58. The average molecular weight is 504 g/mol. The van der Waals surface area contributed by atoms with Crippen molar-refractivity contribution in [2.24, 2.45) is 0 Å². The lowest BCUT2D eigenvalue weighted by Crippen LogP contribution is -2.36. The molecule has 1 saturated heterocycles. The number of esters is 2. The van der Waals surface area contributed by atoms with Gasteiger partial charge < -0.3 is 14.2 Å². The molecule has 0 amide bonds. The van der Waals surface area contributed by atoms with Gasteiger partial charge in [0.1, 0.15) is 30.6 Å². The van der Waals surface area contributed by atoms with Crippen LogP contribution >= 0.6 is 0 Å². The first-order valence-corrected chi connectivity index (χ1v) is 10.7. The topological polar surface area (TPSA) is 117 Å². The van der Waals surface area contributed by atoms with Crippen molar-refractivity contribution in [3.63, 3.8) is 0 Å². The Hall–Kier alpha value is -4.19. The molecule has 0 bridgehead atoms. The van der Waals surface area contributed by atoms with Crippen LogP contribution in [0.1, 0.15) is 38.9 Å². The molecule has 188 valence electrons. The first-order chi connectivity index (χ1) is 17.1. The number of H-pyrrole nitrogens is 1. The first-order valence-electron chi connectivity index (χ1n) is 10.7. The van der Waals surface area contributed by atoms with Crippen molar-refractivity contribution in [3.8, 4) is 0 Å². The quantitative estimate of drug-likeness (QED) is 0.513. The highest BCUT2D eigenvalue weighted by Crippen LogP contribution is 2.32. The van der Waals surface area contributed by atoms with Crippen molar-refractivity contribution in [2.75, 3.05) is 6.61 Å². The summed E-state index contributed by atoms with van der Waals surface area (Å²) in [6.07, 6.45) is -8.45. The molecule has 1 unspecified atom stereocenters. The number of ether oxygens (including phenoxy) is 3. The second kappa shape index (κ2) is 10.2. The zero-order valence-corrected chi connectivity index (χ0v) is 18.4. The molecule has 0 radical (unpaired) electrons. The highest BCUT2D eigenvalue weighted by Gasteiger charge is 2.42. The van der Waals surface area contributed by atoms with Crippen LogP contribution in [0.3, 0.4) is 0 Å². The largest absolute Gasteiger partial charge is 0.459 e. The summed E-state index contributed by atoms with van der Waals surface area (Å²) < 4.78 is 56.7. The third-order valence-electron chi connectivity index (χ3n) is 5.42. The second-order valence-corrected chi connectivity index (χ2v) is 7.85. The molecule has 1 aliphatic rings. The van der Waals surface area contributed by atoms with Gasteiger partial charge in [0.25, 0.3) is 5.56 Å². The Bertz CT molecular complexity index is 1350. The number of benzene rings is 2. The van der Waals surface area contributed by atoms with Gasteiger partial charge in [0, 0.05) is 12.6 Å². The molecule has 1 aliphatic heterocycles. The molecule has 3 aromatic rings. The van der Waals surface area contributed by atoms with Gasteiger partial charge in [-0.25, -0.2) is 14.4 Å². The molecular weight excluding hydrogens is 485 g/mol. The molecule has 4 rings (SSSR count). The van der Waals surface area contributed by atoms with E-state index in [1.165, 1.54) is 24.3 Å². The van der Waals surface area contributed by atoms with Gasteiger partial charge in [-0.1, -0.05) is 36.4 Å². The predicted octanol–water partition coefficient (Wildman–Crippen LogP) is 2.93. The lowest BCUT2D eigenvalue weighted by Gasteiger charge is -2.19. The molecule has 0 spiro atoms. The van der Waals surface area contributed by atoms with E-state index in [0.29, 0.717) is 10.8 Å². The van der Waals surface area contributed by atoms with Crippen LogP contribution in [0.25, 0.3) is 0 Å². The maximum Gasteiger partial charge on any atom is 0.423 e. The summed E-state index contributed by atoms with van der Waals surface area (Å²) >= 11 is 0. The number of alkyl halides is 3. The number of hydrogen-bond donors (Lipinski definition) is 1. The van der Waals surface area contributed by atoms with E-state index in [-0.39, 0.29) is 17.5 Å². The van der Waals surface area contributed by atoms with Gasteiger partial charge >= 0.3 is 23.8 Å². The minimum atomic E-state index is -5.02. The lowest BCUT2D eigenvalue weighted by atomic mass is 10.1. The number of halogens is 3. The van der Waals surface area contributed by atoms with E-state index >= 15 is 0 Å². The molecule has 1 N–H and O–H groups in total. The number of hydrogen-bond acceptors (Lipinski definition) is 7. The fourth-order valence-corrected chi connectivity index (χ4v) is 3.64. The summed E-state index contributed by atoms with van der Waals surface area (Å²) in [5, 5.41) is 0. The zero-order chi connectivity index (χ0) is 25.9. The standard InChI is InChI=1S/C24H19F3N2O7/c25-24(26,27)16-12-29(23(33)28-20(16)30)19-11-17(36-22(32)15-9-5-2-6-10-15)18(35-19)13-34-21(31)14-7-3-1-4-8-14/h1-10,12,17-19H,11,13H2,(H,28,30,33)/t17-,18?,19+/m1/s1. The highest BCUT2D eigenvalue weighted by atomic mass is 19.4. The summed E-state index contributed by atoms with van der Waals surface area (Å²) in [6.45, 7) is -0.415. The van der Waals surface area contributed by atoms with Crippen molar-refractivity contribution < 1.29 is 37.0 Å². The fraction of sp³-hybridized carbons (Fsp3) is 0.250. The van der Waals surface area contributed by atoms with Crippen molar-refractivity contribution in [2.45, 2.75) is 31.0 Å². The van der Waals surface area contributed by atoms with Gasteiger partial charge in [0.2, 0.25) is 0 Å². The van der Waals surface area contributed by atoms with Crippen molar-refractivity contribution >= 4 is 11.9 Å². The Kier molecular flexibility index (Phi) is 7.06. The molecule has 0 aliphatic carbocycles. The van der Waals surface area contributed by atoms with E-state index in [9.17, 15) is 32.3 Å². The van der Waals surface area contributed by atoms with E-state index in [0.717, 1.165) is 0 Å². The SMILES string of the molecule is O=C(OCC1O[C@H](n2cc(C(F)(F)F)c(=O)[nH]c2=O)C[C@H]1OC(=O)c1ccccc1)c1ccccc1. The number of aromatic nitrogens is 2. The van der Waals surface area contributed by atoms with Crippen molar-refractivity contribution in [3.05, 3.63) is 104 Å². The predicted molar refractivity (Wildman–Crippen MR) is 117 cm³/mol. The van der Waals surface area contributed by atoms with Gasteiger partial charge in [-0.15, -0.1) is 0 Å². The van der Waals surface area contributed by atoms with Crippen molar-refractivity contribution in [1.29, 1.82) is 0 Å². The molecule has 3 atom stereocenters. The molecule has 2 aromatic carbocycles. The third kappa shape index (κ3) is 5.54. The smallest absolute Gasteiger partial charge is 0.423 e. The van der Waals surface area contributed by atoms with Crippen molar-refractivity contribution in [1.82, 2.24) is 9.55 Å². The molecule has 12 heteroatoms. The van der Waals surface area contributed by atoms with E-state index in [1.807, 2.05) is 0 Å². The van der Waals surface area contributed by atoms with Crippen LogP contribution in [0, 0.1) is 0 Å². The normalized spacial score (nSPS) is 19.6. The van der Waals surface area contributed by atoms with E-state index in [1.54, 1.807) is 41.4 Å². The monoisotopic (exact) mass is 504 g/mol. The van der Waals surface area contributed by atoms with Gasteiger partial charge in [-0.05, 0) is 24.3 Å². The maximum atomic E-state index is 13.2. The van der Waals surface area contributed by atoms with Crippen LogP contribution in [0.4, 0.5) is 13.2 Å². The lowest BCUT2D eigenvalue weighted by molar-refractivity contribution is -0.139. The summed E-state index contributed by atoms with van der Waals surface area (Å²) in [4.78, 5) is 50.5. The Morgan fingerprint density at radius 2 is 1.56 bits per heavy atom. The Morgan fingerprint density at radius 3 is 2.14 bits per heavy atom.